The van der Waals surface area contributed by atoms with Crippen LogP contribution in [0.2, 0.25) is 0 Å². The number of unbranched alkanes of at least 4 members (excludes halogenated alkanes) is 1. The Hall–Kier alpha value is -3.52. The van der Waals surface area contributed by atoms with E-state index in [4.69, 9.17) is 9.15 Å². The van der Waals surface area contributed by atoms with Gasteiger partial charge in [0, 0.05) is 17.4 Å². The number of nitrogens with zero attached hydrogens (tertiary/aromatic N) is 4. The van der Waals surface area contributed by atoms with E-state index < -0.39 is 0 Å². The molecule has 0 unspecified atom stereocenters. The monoisotopic (exact) mass is 504 g/mol. The number of tetrazole rings is 1. The Bertz CT molecular complexity index is 1440. The molecule has 33 heavy (non-hydrogen) atoms. The lowest BCUT2D eigenvalue weighted by Crippen LogP contribution is -2.06. The lowest BCUT2D eigenvalue weighted by atomic mass is 9.96. The number of fused-ring (bicyclic) bond motifs is 2. The van der Waals surface area contributed by atoms with Crippen LogP contribution in [-0.2, 0) is 13.2 Å². The number of carbonyl (C=O) groups is 1. The lowest BCUT2D eigenvalue weighted by Gasteiger charge is -2.11. The van der Waals surface area contributed by atoms with Crippen molar-refractivity contribution in [1.82, 2.24) is 20.2 Å². The summed E-state index contributed by atoms with van der Waals surface area (Å²) in [6.45, 7) is 2.33. The van der Waals surface area contributed by atoms with Crippen LogP contribution in [0.3, 0.4) is 0 Å². The maximum Gasteiger partial charge on any atom is 0.197 e. The highest BCUT2D eigenvalue weighted by atomic mass is 79.9. The largest absolute Gasteiger partial charge is 0.470 e. The quantitative estimate of drug-likeness (QED) is 0.243. The molecular weight excluding hydrogens is 484 g/mol. The number of ketones is 1. The van der Waals surface area contributed by atoms with Gasteiger partial charge < -0.3 is 9.15 Å². The Kier molecular flexibility index (Phi) is 5.92. The van der Waals surface area contributed by atoms with Crippen LogP contribution in [0.5, 0.6) is 5.75 Å². The fourth-order valence-electron chi connectivity index (χ4n) is 3.90. The maximum absolute atomic E-state index is 13.6. The molecule has 0 saturated heterocycles. The predicted octanol–water partition coefficient (Wildman–Crippen LogP) is 5.95. The third-order valence-electron chi connectivity index (χ3n) is 5.58. The molecule has 166 valence electrons. The van der Waals surface area contributed by atoms with Crippen molar-refractivity contribution in [2.45, 2.75) is 32.9 Å². The fraction of sp³-hybridized carbons (Fsp3) is 0.200. The number of hydrogen-bond acceptors (Lipinski definition) is 6. The average Bonchev–Trinajstić information content (AvgIpc) is 3.49. The highest BCUT2D eigenvalue weighted by Crippen LogP contribution is 2.35. The summed E-state index contributed by atoms with van der Waals surface area (Å²) in [6, 6.07) is 17.2. The minimum Gasteiger partial charge on any atom is -0.470 e. The van der Waals surface area contributed by atoms with E-state index in [9.17, 15) is 4.79 Å². The van der Waals surface area contributed by atoms with Crippen LogP contribution in [0.1, 0.15) is 41.4 Å². The summed E-state index contributed by atoms with van der Waals surface area (Å²) in [5, 5.41) is 13.7. The molecule has 8 heteroatoms. The van der Waals surface area contributed by atoms with Gasteiger partial charge in [-0.3, -0.25) is 4.79 Å². The van der Waals surface area contributed by atoms with Crippen molar-refractivity contribution in [2.75, 3.05) is 0 Å². The van der Waals surface area contributed by atoms with Gasteiger partial charge in [0.25, 0.3) is 0 Å². The van der Waals surface area contributed by atoms with Gasteiger partial charge >= 0.3 is 0 Å². The number of aromatic nitrogens is 4. The van der Waals surface area contributed by atoms with Crippen molar-refractivity contribution in [3.8, 4) is 5.75 Å². The number of carbonyl (C=O) groups excluding carboxylic acids is 1. The molecule has 0 amide bonds. The summed E-state index contributed by atoms with van der Waals surface area (Å²) in [7, 11) is 0. The molecule has 0 aliphatic rings. The van der Waals surface area contributed by atoms with Crippen LogP contribution in [0, 0.1) is 0 Å². The molecule has 5 rings (SSSR count). The number of rotatable bonds is 8. The van der Waals surface area contributed by atoms with Crippen LogP contribution in [0.15, 0.2) is 69.8 Å². The van der Waals surface area contributed by atoms with E-state index in [-0.39, 0.29) is 12.5 Å². The van der Waals surface area contributed by atoms with Gasteiger partial charge in [-0.15, -0.1) is 5.10 Å². The van der Waals surface area contributed by atoms with Crippen molar-refractivity contribution in [3.05, 3.63) is 82.3 Å². The molecule has 0 spiro atoms. The van der Waals surface area contributed by atoms with Gasteiger partial charge in [0.15, 0.2) is 12.5 Å². The SMILES string of the molecule is CCCCc1oc2ccccc2c1C(=O)c1ccc2c(Br)c(OCn3cnnn3)ccc2c1. The first kappa shape index (κ1) is 21.3. The Morgan fingerprint density at radius 1 is 1.12 bits per heavy atom. The zero-order chi connectivity index (χ0) is 22.8. The first-order chi connectivity index (χ1) is 16.2. The summed E-state index contributed by atoms with van der Waals surface area (Å²) in [5.41, 5.74) is 2.04. The second kappa shape index (κ2) is 9.15. The predicted molar refractivity (Wildman–Crippen MR) is 128 cm³/mol. The van der Waals surface area contributed by atoms with Gasteiger partial charge in [0.1, 0.15) is 23.4 Å². The van der Waals surface area contributed by atoms with Crippen molar-refractivity contribution < 1.29 is 13.9 Å². The topological polar surface area (TPSA) is 83.0 Å². The summed E-state index contributed by atoms with van der Waals surface area (Å²) in [5.74, 6) is 1.40. The fourth-order valence-corrected chi connectivity index (χ4v) is 4.51. The molecule has 0 fully saturated rings. The van der Waals surface area contributed by atoms with E-state index in [2.05, 4.69) is 38.4 Å². The van der Waals surface area contributed by atoms with Crippen LogP contribution < -0.4 is 4.74 Å². The van der Waals surface area contributed by atoms with Gasteiger partial charge in [-0.25, -0.2) is 0 Å². The maximum atomic E-state index is 13.6. The van der Waals surface area contributed by atoms with Gasteiger partial charge in [-0.05, 0) is 61.7 Å². The van der Waals surface area contributed by atoms with E-state index >= 15 is 0 Å². The number of ether oxygens (including phenoxy) is 1. The van der Waals surface area contributed by atoms with Gasteiger partial charge in [0.05, 0.1) is 10.0 Å². The number of hydrogen-bond donors (Lipinski definition) is 0. The average molecular weight is 505 g/mol. The smallest absolute Gasteiger partial charge is 0.197 e. The summed E-state index contributed by atoms with van der Waals surface area (Å²) in [4.78, 5) is 13.6. The second-order valence-corrected chi connectivity index (χ2v) is 8.56. The second-order valence-electron chi connectivity index (χ2n) is 7.77. The zero-order valence-corrected chi connectivity index (χ0v) is 19.6. The van der Waals surface area contributed by atoms with E-state index in [1.54, 1.807) is 0 Å². The summed E-state index contributed by atoms with van der Waals surface area (Å²) in [6.07, 6.45) is 4.24. The third-order valence-corrected chi connectivity index (χ3v) is 6.40. The number of para-hydroxylation sites is 1. The standard InChI is InChI=1S/C25H21BrN4O3/c1-2-3-7-21-23(19-6-4-5-8-20(19)33-21)25(31)17-9-11-18-16(13-17)10-12-22(24(18)26)32-15-30-14-27-28-29-30/h4-6,8-14H,2-3,7,15H2,1H3. The minimum absolute atomic E-state index is 0.0249. The molecule has 0 aliphatic heterocycles. The lowest BCUT2D eigenvalue weighted by molar-refractivity contribution is 0.103. The van der Waals surface area contributed by atoms with Crippen molar-refractivity contribution in [3.63, 3.8) is 0 Å². The molecular formula is C25H21BrN4O3. The number of aryl methyl sites for hydroxylation is 1. The van der Waals surface area contributed by atoms with E-state index in [1.807, 2.05) is 54.6 Å². The Morgan fingerprint density at radius 2 is 2.00 bits per heavy atom. The van der Waals surface area contributed by atoms with E-state index in [0.717, 1.165) is 51.2 Å². The third kappa shape index (κ3) is 4.14. The Labute approximate surface area is 198 Å². The van der Waals surface area contributed by atoms with Crippen LogP contribution in [0.25, 0.3) is 21.7 Å². The highest BCUT2D eigenvalue weighted by molar-refractivity contribution is 9.10. The van der Waals surface area contributed by atoms with Crippen molar-refractivity contribution in [2.24, 2.45) is 0 Å². The normalized spacial score (nSPS) is 11.3. The summed E-state index contributed by atoms with van der Waals surface area (Å²) < 4.78 is 14.2. The molecule has 0 aliphatic carbocycles. The molecule has 0 saturated carbocycles. The Morgan fingerprint density at radius 3 is 2.82 bits per heavy atom. The minimum atomic E-state index is -0.0249. The van der Waals surface area contributed by atoms with Crippen LogP contribution >= 0.6 is 15.9 Å². The van der Waals surface area contributed by atoms with Gasteiger partial charge in [-0.2, -0.15) is 4.68 Å². The number of benzene rings is 3. The van der Waals surface area contributed by atoms with Crippen LogP contribution in [-0.4, -0.2) is 26.0 Å². The first-order valence-corrected chi connectivity index (χ1v) is 11.6. The van der Waals surface area contributed by atoms with Crippen molar-refractivity contribution >= 4 is 43.5 Å². The van der Waals surface area contributed by atoms with Gasteiger partial charge in [0.2, 0.25) is 0 Å². The van der Waals surface area contributed by atoms with E-state index in [0.29, 0.717) is 16.9 Å². The molecule has 3 aromatic carbocycles. The molecule has 7 nitrogen and oxygen atoms in total. The van der Waals surface area contributed by atoms with Crippen molar-refractivity contribution in [1.29, 1.82) is 0 Å². The van der Waals surface area contributed by atoms with Gasteiger partial charge in [-0.1, -0.05) is 49.7 Å². The molecule has 0 radical (unpaired) electrons. The van der Waals surface area contributed by atoms with Crippen LogP contribution in [0.4, 0.5) is 0 Å². The van der Waals surface area contributed by atoms with E-state index in [1.165, 1.54) is 11.0 Å². The first-order valence-electron chi connectivity index (χ1n) is 10.8. The highest BCUT2D eigenvalue weighted by Gasteiger charge is 2.22. The zero-order valence-electron chi connectivity index (χ0n) is 18.0. The summed E-state index contributed by atoms with van der Waals surface area (Å²) >= 11 is 3.63. The molecule has 0 atom stereocenters. The Balaban J connectivity index is 1.49. The molecule has 0 N–H and O–H groups in total. The molecule has 2 aromatic heterocycles. The molecule has 5 aromatic rings. The molecule has 0 bridgehead atoms. The number of halogens is 1. The molecule has 2 heterocycles. The number of furan rings is 1.